The lowest BCUT2D eigenvalue weighted by atomic mass is 10.2. The van der Waals surface area contributed by atoms with Crippen molar-refractivity contribution in [3.63, 3.8) is 0 Å². The molecule has 0 aromatic carbocycles. The van der Waals surface area contributed by atoms with Gasteiger partial charge in [-0.05, 0) is 40.7 Å². The van der Waals surface area contributed by atoms with Gasteiger partial charge in [-0.2, -0.15) is 5.10 Å². The van der Waals surface area contributed by atoms with Gasteiger partial charge >= 0.3 is 0 Å². The van der Waals surface area contributed by atoms with Crippen LogP contribution in [0, 0.1) is 0 Å². The van der Waals surface area contributed by atoms with Gasteiger partial charge in [-0.25, -0.2) is 0 Å². The first-order valence-corrected chi connectivity index (χ1v) is 6.90. The van der Waals surface area contributed by atoms with Gasteiger partial charge in [-0.1, -0.05) is 0 Å². The van der Waals surface area contributed by atoms with E-state index in [0.29, 0.717) is 18.1 Å². The molecule has 0 amide bonds. The van der Waals surface area contributed by atoms with E-state index in [-0.39, 0.29) is 0 Å². The quantitative estimate of drug-likeness (QED) is 0.807. The van der Waals surface area contributed by atoms with Crippen LogP contribution in [0.4, 0.5) is 0 Å². The largest absolute Gasteiger partial charge is 0.308 e. The van der Waals surface area contributed by atoms with Crippen LogP contribution in [0.25, 0.3) is 0 Å². The first-order valence-electron chi connectivity index (χ1n) is 6.90. The van der Waals surface area contributed by atoms with Crippen LogP contribution in [-0.2, 0) is 7.05 Å². The fraction of sp³-hybridized carbons (Fsp3) is 0.786. The van der Waals surface area contributed by atoms with Crippen molar-refractivity contribution < 1.29 is 0 Å². The van der Waals surface area contributed by atoms with Crippen LogP contribution in [0.5, 0.6) is 0 Å². The minimum Gasteiger partial charge on any atom is -0.308 e. The molecule has 1 unspecified atom stereocenters. The second kappa shape index (κ2) is 6.90. The average molecular weight is 252 g/mol. The van der Waals surface area contributed by atoms with Crippen LogP contribution in [0.1, 0.15) is 46.4 Å². The zero-order valence-corrected chi connectivity index (χ0v) is 12.6. The third-order valence-electron chi connectivity index (χ3n) is 3.45. The lowest BCUT2D eigenvalue weighted by Crippen LogP contribution is -2.41. The lowest BCUT2D eigenvalue weighted by molar-refractivity contribution is 0.174. The summed E-state index contributed by atoms with van der Waals surface area (Å²) < 4.78 is 1.93. The first-order chi connectivity index (χ1) is 8.43. The van der Waals surface area contributed by atoms with Gasteiger partial charge in [0, 0.05) is 44.5 Å². The van der Waals surface area contributed by atoms with Gasteiger partial charge in [0.25, 0.3) is 0 Å². The molecule has 0 bridgehead atoms. The van der Waals surface area contributed by atoms with Crippen LogP contribution >= 0.6 is 0 Å². The number of hydrogen-bond donors (Lipinski definition) is 1. The van der Waals surface area contributed by atoms with Crippen LogP contribution < -0.4 is 5.32 Å². The Balaban J connectivity index is 2.39. The highest BCUT2D eigenvalue weighted by Gasteiger charge is 2.14. The van der Waals surface area contributed by atoms with E-state index in [4.69, 9.17) is 0 Å². The molecule has 1 heterocycles. The molecule has 1 aromatic heterocycles. The maximum absolute atomic E-state index is 4.20. The molecule has 4 heteroatoms. The Kier molecular flexibility index (Phi) is 5.82. The van der Waals surface area contributed by atoms with Crippen molar-refractivity contribution in [2.75, 3.05) is 13.1 Å². The molecule has 0 spiro atoms. The highest BCUT2D eigenvalue weighted by atomic mass is 15.3. The number of nitrogens with zero attached hydrogens (tertiary/aromatic N) is 3. The Morgan fingerprint density at radius 2 is 1.83 bits per heavy atom. The van der Waals surface area contributed by atoms with E-state index in [1.807, 2.05) is 17.9 Å². The van der Waals surface area contributed by atoms with Crippen molar-refractivity contribution in [1.82, 2.24) is 20.0 Å². The van der Waals surface area contributed by atoms with Crippen molar-refractivity contribution in [1.29, 1.82) is 0 Å². The summed E-state index contributed by atoms with van der Waals surface area (Å²) in [6, 6.07) is 3.61. The van der Waals surface area contributed by atoms with Crippen molar-refractivity contribution in [3.8, 4) is 0 Å². The standard InChI is InChI=1S/C14H28N4/c1-11(2)18(12(3)4)10-9-15-13(5)14-7-8-16-17(14)6/h7-8,11-13,15H,9-10H2,1-6H3. The van der Waals surface area contributed by atoms with E-state index < -0.39 is 0 Å². The topological polar surface area (TPSA) is 33.1 Å². The van der Waals surface area contributed by atoms with E-state index in [1.165, 1.54) is 5.69 Å². The number of aromatic nitrogens is 2. The van der Waals surface area contributed by atoms with E-state index in [2.05, 4.69) is 56.0 Å². The zero-order valence-electron chi connectivity index (χ0n) is 12.6. The van der Waals surface area contributed by atoms with Gasteiger partial charge in [-0.15, -0.1) is 0 Å². The minimum absolute atomic E-state index is 0.346. The summed E-state index contributed by atoms with van der Waals surface area (Å²) in [7, 11) is 1.99. The molecule has 104 valence electrons. The van der Waals surface area contributed by atoms with E-state index in [0.717, 1.165) is 13.1 Å². The van der Waals surface area contributed by atoms with Crippen LogP contribution in [0.2, 0.25) is 0 Å². The van der Waals surface area contributed by atoms with Crippen LogP contribution in [0.3, 0.4) is 0 Å². The monoisotopic (exact) mass is 252 g/mol. The third kappa shape index (κ3) is 4.10. The number of hydrogen-bond acceptors (Lipinski definition) is 3. The van der Waals surface area contributed by atoms with Gasteiger partial charge in [0.15, 0.2) is 0 Å². The minimum atomic E-state index is 0.346. The summed E-state index contributed by atoms with van der Waals surface area (Å²) in [6.45, 7) is 13.3. The Hall–Kier alpha value is -0.870. The third-order valence-corrected chi connectivity index (χ3v) is 3.45. The highest BCUT2D eigenvalue weighted by Crippen LogP contribution is 2.10. The fourth-order valence-corrected chi connectivity index (χ4v) is 2.44. The summed E-state index contributed by atoms with van der Waals surface area (Å²) in [5.41, 5.74) is 1.23. The van der Waals surface area contributed by atoms with Crippen LogP contribution in [-0.4, -0.2) is 39.9 Å². The molecule has 0 radical (unpaired) electrons. The van der Waals surface area contributed by atoms with E-state index in [9.17, 15) is 0 Å². The molecule has 0 fully saturated rings. The zero-order chi connectivity index (χ0) is 13.7. The van der Waals surface area contributed by atoms with E-state index in [1.54, 1.807) is 0 Å². The van der Waals surface area contributed by atoms with Gasteiger partial charge in [0.2, 0.25) is 0 Å². The predicted octanol–water partition coefficient (Wildman–Crippen LogP) is 2.19. The van der Waals surface area contributed by atoms with Crippen molar-refractivity contribution in [2.45, 2.75) is 52.7 Å². The molecule has 0 saturated carbocycles. The normalized spacial score (nSPS) is 13.8. The molecule has 0 aliphatic carbocycles. The molecule has 1 atom stereocenters. The summed E-state index contributed by atoms with van der Waals surface area (Å²) in [5, 5.41) is 7.77. The molecular weight excluding hydrogens is 224 g/mol. The summed E-state index contributed by atoms with van der Waals surface area (Å²) in [5.74, 6) is 0. The van der Waals surface area contributed by atoms with Gasteiger partial charge in [0.1, 0.15) is 0 Å². The van der Waals surface area contributed by atoms with E-state index >= 15 is 0 Å². The van der Waals surface area contributed by atoms with Gasteiger partial charge in [0.05, 0.1) is 5.69 Å². The predicted molar refractivity (Wildman–Crippen MR) is 76.6 cm³/mol. The SMILES string of the molecule is CC(NCCN(C(C)C)C(C)C)c1ccnn1C. The molecule has 1 rings (SSSR count). The second-order valence-corrected chi connectivity index (χ2v) is 5.48. The second-order valence-electron chi connectivity index (χ2n) is 5.48. The Morgan fingerprint density at radius 3 is 2.28 bits per heavy atom. The summed E-state index contributed by atoms with van der Waals surface area (Å²) in [4.78, 5) is 2.50. The molecule has 4 nitrogen and oxygen atoms in total. The smallest absolute Gasteiger partial charge is 0.0547 e. The molecule has 0 saturated heterocycles. The maximum atomic E-state index is 4.20. The van der Waals surface area contributed by atoms with Crippen molar-refractivity contribution in [2.24, 2.45) is 7.05 Å². The number of nitrogens with one attached hydrogen (secondary N) is 1. The molecular formula is C14H28N4. The van der Waals surface area contributed by atoms with Crippen molar-refractivity contribution in [3.05, 3.63) is 18.0 Å². The van der Waals surface area contributed by atoms with Crippen molar-refractivity contribution >= 4 is 0 Å². The summed E-state index contributed by atoms with van der Waals surface area (Å²) >= 11 is 0. The lowest BCUT2D eigenvalue weighted by Gasteiger charge is -2.31. The van der Waals surface area contributed by atoms with Gasteiger partial charge in [-0.3, -0.25) is 9.58 Å². The molecule has 1 aromatic rings. The van der Waals surface area contributed by atoms with Gasteiger partial charge < -0.3 is 5.32 Å². The molecule has 18 heavy (non-hydrogen) atoms. The Morgan fingerprint density at radius 1 is 1.22 bits per heavy atom. The Bertz CT molecular complexity index is 335. The van der Waals surface area contributed by atoms with Crippen LogP contribution in [0.15, 0.2) is 12.3 Å². The Labute approximate surface area is 111 Å². The highest BCUT2D eigenvalue weighted by molar-refractivity contribution is 5.05. The molecule has 0 aliphatic rings. The maximum Gasteiger partial charge on any atom is 0.0547 e. The molecule has 0 aliphatic heterocycles. The molecule has 1 N–H and O–H groups in total. The number of rotatable bonds is 7. The first kappa shape index (κ1) is 15.2. The fourth-order valence-electron chi connectivity index (χ4n) is 2.44. The average Bonchev–Trinajstić information content (AvgIpc) is 2.69. The summed E-state index contributed by atoms with van der Waals surface area (Å²) in [6.07, 6.45) is 1.85. The number of aryl methyl sites for hydroxylation is 1.